The van der Waals surface area contributed by atoms with E-state index in [0.717, 1.165) is 29.2 Å². The Morgan fingerprint density at radius 3 is 2.50 bits per heavy atom. The number of fused-ring (bicyclic) bond motifs is 1. The first kappa shape index (κ1) is 15.0. The monoisotopic (exact) mass is 329 g/mol. The van der Waals surface area contributed by atoms with Gasteiger partial charge in [-0.25, -0.2) is 0 Å². The highest BCUT2D eigenvalue weighted by Gasteiger charge is 2.14. The van der Waals surface area contributed by atoms with Crippen molar-refractivity contribution in [3.8, 4) is 11.3 Å². The summed E-state index contributed by atoms with van der Waals surface area (Å²) in [4.78, 5) is 4.52. The maximum absolute atomic E-state index is 4.60. The van der Waals surface area contributed by atoms with Crippen LogP contribution in [-0.2, 0) is 0 Å². The molecule has 1 aromatic heterocycles. The van der Waals surface area contributed by atoms with Gasteiger partial charge in [-0.15, -0.1) is 12.4 Å². The quantitative estimate of drug-likeness (QED) is 0.767. The minimum Gasteiger partial charge on any atom is -0.366 e. The van der Waals surface area contributed by atoms with Gasteiger partial charge in [0, 0.05) is 22.6 Å². The lowest BCUT2D eigenvalue weighted by Crippen LogP contribution is -2.27. The van der Waals surface area contributed by atoms with Gasteiger partial charge < -0.3 is 5.32 Å². The van der Waals surface area contributed by atoms with E-state index in [9.17, 15) is 0 Å². The third kappa shape index (κ3) is 2.60. The third-order valence-corrected chi connectivity index (χ3v) is 4.54. The molecule has 2 heterocycles. The molecular weight excluding hydrogens is 314 g/mol. The molecule has 1 atom stereocenters. The Balaban J connectivity index is 0.00000144. The molecule has 1 unspecified atom stereocenters. The Hall–Kier alpha value is -1.91. The summed E-state index contributed by atoms with van der Waals surface area (Å²) in [6.45, 7) is 3.00. The van der Waals surface area contributed by atoms with Crippen LogP contribution in [0.5, 0.6) is 0 Å². The predicted molar refractivity (Wildman–Crippen MR) is 96.3 cm³/mol. The normalized spacial score (nSPS) is 17.0. The molecule has 0 bridgehead atoms. The van der Waals surface area contributed by atoms with Crippen molar-refractivity contribution in [3.05, 3.63) is 54.1 Å². The number of amidine groups is 1. The molecule has 1 aliphatic rings. The van der Waals surface area contributed by atoms with Gasteiger partial charge in [-0.3, -0.25) is 4.99 Å². The number of benzene rings is 2. The number of halogens is 1. The smallest absolute Gasteiger partial charge is 0.128 e. The Morgan fingerprint density at radius 1 is 1.05 bits per heavy atom. The molecule has 22 heavy (non-hydrogen) atoms. The minimum atomic E-state index is 0. The summed E-state index contributed by atoms with van der Waals surface area (Å²) in [6, 6.07) is 17.3. The predicted octanol–water partition coefficient (Wildman–Crippen LogP) is 4.12. The van der Waals surface area contributed by atoms with Crippen LogP contribution in [0.2, 0.25) is 0 Å². The van der Waals surface area contributed by atoms with Gasteiger partial charge in [0.25, 0.3) is 0 Å². The first-order valence-electron chi connectivity index (χ1n) is 7.07. The minimum absolute atomic E-state index is 0. The Morgan fingerprint density at radius 2 is 1.77 bits per heavy atom. The SMILES string of the molecule is CC1CN=C(c2ccc(-c3nsc4ccccc34)cc2)N1.Cl. The fourth-order valence-corrected chi connectivity index (χ4v) is 3.40. The van der Waals surface area contributed by atoms with Crippen molar-refractivity contribution < 1.29 is 0 Å². The topological polar surface area (TPSA) is 37.3 Å². The van der Waals surface area contributed by atoms with E-state index in [2.05, 4.69) is 70.1 Å². The second-order valence-electron chi connectivity index (χ2n) is 5.34. The molecule has 1 N–H and O–H groups in total. The van der Waals surface area contributed by atoms with Crippen molar-refractivity contribution in [2.75, 3.05) is 6.54 Å². The van der Waals surface area contributed by atoms with Crippen molar-refractivity contribution in [2.24, 2.45) is 4.99 Å². The van der Waals surface area contributed by atoms with Gasteiger partial charge in [0.2, 0.25) is 0 Å². The van der Waals surface area contributed by atoms with Gasteiger partial charge in [-0.2, -0.15) is 4.37 Å². The molecule has 0 radical (unpaired) electrons. The molecule has 112 valence electrons. The molecule has 0 spiro atoms. The van der Waals surface area contributed by atoms with Gasteiger partial charge in [0.15, 0.2) is 0 Å². The lowest BCUT2D eigenvalue weighted by molar-refractivity contribution is 0.726. The van der Waals surface area contributed by atoms with Gasteiger partial charge in [0.05, 0.1) is 16.9 Å². The molecular formula is C17H16ClN3S. The van der Waals surface area contributed by atoms with E-state index in [4.69, 9.17) is 0 Å². The number of rotatable bonds is 2. The molecule has 2 aromatic carbocycles. The van der Waals surface area contributed by atoms with Gasteiger partial charge >= 0.3 is 0 Å². The van der Waals surface area contributed by atoms with Crippen LogP contribution < -0.4 is 5.32 Å². The number of hydrogen-bond donors (Lipinski definition) is 1. The lowest BCUT2D eigenvalue weighted by atomic mass is 10.1. The average molecular weight is 330 g/mol. The second kappa shape index (κ2) is 6.07. The fraction of sp³-hybridized carbons (Fsp3) is 0.176. The lowest BCUT2D eigenvalue weighted by Gasteiger charge is -2.06. The molecule has 3 nitrogen and oxygen atoms in total. The number of hydrogen-bond acceptors (Lipinski definition) is 4. The molecule has 4 rings (SSSR count). The first-order chi connectivity index (χ1) is 10.3. The van der Waals surface area contributed by atoms with Gasteiger partial charge in [-0.05, 0) is 24.5 Å². The molecule has 5 heteroatoms. The summed E-state index contributed by atoms with van der Waals surface area (Å²) < 4.78 is 5.83. The van der Waals surface area contributed by atoms with Crippen molar-refractivity contribution in [2.45, 2.75) is 13.0 Å². The zero-order valence-electron chi connectivity index (χ0n) is 12.1. The molecule has 0 aliphatic carbocycles. The van der Waals surface area contributed by atoms with Crippen LogP contribution in [0.15, 0.2) is 53.5 Å². The molecule has 0 fully saturated rings. The number of aliphatic imine (C=N–C) groups is 1. The van der Waals surface area contributed by atoms with Crippen LogP contribution >= 0.6 is 23.9 Å². The van der Waals surface area contributed by atoms with E-state index in [1.165, 1.54) is 10.1 Å². The van der Waals surface area contributed by atoms with E-state index in [-0.39, 0.29) is 12.4 Å². The Bertz CT molecular complexity index is 823. The highest BCUT2D eigenvalue weighted by Crippen LogP contribution is 2.30. The molecule has 0 saturated heterocycles. The highest BCUT2D eigenvalue weighted by atomic mass is 35.5. The Kier molecular flexibility index (Phi) is 4.14. The zero-order chi connectivity index (χ0) is 14.2. The van der Waals surface area contributed by atoms with Crippen LogP contribution in [-0.4, -0.2) is 22.8 Å². The fourth-order valence-electron chi connectivity index (χ4n) is 2.61. The van der Waals surface area contributed by atoms with E-state index in [1.54, 1.807) is 11.5 Å². The summed E-state index contributed by atoms with van der Waals surface area (Å²) in [6.07, 6.45) is 0. The molecule has 3 aromatic rings. The number of nitrogens with zero attached hydrogens (tertiary/aromatic N) is 2. The van der Waals surface area contributed by atoms with Crippen LogP contribution in [0.3, 0.4) is 0 Å². The molecule has 1 aliphatic heterocycles. The van der Waals surface area contributed by atoms with Gasteiger partial charge in [0.1, 0.15) is 5.84 Å². The first-order valence-corrected chi connectivity index (χ1v) is 7.85. The Labute approximate surface area is 139 Å². The van der Waals surface area contributed by atoms with Crippen molar-refractivity contribution in [3.63, 3.8) is 0 Å². The maximum Gasteiger partial charge on any atom is 0.128 e. The van der Waals surface area contributed by atoms with Crippen LogP contribution in [0.1, 0.15) is 12.5 Å². The second-order valence-corrected chi connectivity index (χ2v) is 6.14. The van der Waals surface area contributed by atoms with Gasteiger partial charge in [-0.1, -0.05) is 42.5 Å². The summed E-state index contributed by atoms with van der Waals surface area (Å²) in [5.74, 6) is 0.997. The third-order valence-electron chi connectivity index (χ3n) is 3.72. The van der Waals surface area contributed by atoms with Crippen LogP contribution in [0.25, 0.3) is 21.3 Å². The van der Waals surface area contributed by atoms with Crippen molar-refractivity contribution in [1.82, 2.24) is 9.69 Å². The zero-order valence-corrected chi connectivity index (χ0v) is 13.7. The number of nitrogens with one attached hydrogen (secondary N) is 1. The highest BCUT2D eigenvalue weighted by molar-refractivity contribution is 7.13. The summed E-state index contributed by atoms with van der Waals surface area (Å²) in [5.41, 5.74) is 3.36. The summed E-state index contributed by atoms with van der Waals surface area (Å²) >= 11 is 1.55. The average Bonchev–Trinajstić information content (AvgIpc) is 3.14. The van der Waals surface area contributed by atoms with Crippen molar-refractivity contribution >= 4 is 39.9 Å². The molecule has 0 saturated carbocycles. The largest absolute Gasteiger partial charge is 0.366 e. The van der Waals surface area contributed by atoms with Crippen molar-refractivity contribution in [1.29, 1.82) is 0 Å². The summed E-state index contributed by atoms with van der Waals surface area (Å²) in [7, 11) is 0. The van der Waals surface area contributed by atoms with E-state index in [1.807, 2.05) is 0 Å². The van der Waals surface area contributed by atoms with Crippen LogP contribution in [0.4, 0.5) is 0 Å². The van der Waals surface area contributed by atoms with Crippen LogP contribution in [0, 0.1) is 0 Å². The standard InChI is InChI=1S/C17H15N3S.ClH/c1-11-10-18-17(19-11)13-8-6-12(7-9-13)16-14-4-2-3-5-15(14)21-20-16;/h2-9,11H,10H2,1H3,(H,18,19);1H. The molecule has 0 amide bonds. The van der Waals surface area contributed by atoms with E-state index >= 15 is 0 Å². The maximum atomic E-state index is 4.60. The van der Waals surface area contributed by atoms with E-state index < -0.39 is 0 Å². The van der Waals surface area contributed by atoms with E-state index in [0.29, 0.717) is 6.04 Å². The summed E-state index contributed by atoms with van der Waals surface area (Å²) in [5, 5.41) is 4.61. The number of aromatic nitrogens is 1.